The van der Waals surface area contributed by atoms with Gasteiger partial charge in [-0.2, -0.15) is 0 Å². The zero-order chi connectivity index (χ0) is 19.0. The highest BCUT2D eigenvalue weighted by molar-refractivity contribution is 7.90. The average molecular weight is 381 g/mol. The number of sulfone groups is 1. The van der Waals surface area contributed by atoms with Crippen molar-refractivity contribution < 1.29 is 17.6 Å². The standard InChI is InChI=1S/C18H27N3O4S/c1-4-19-18(20-9-10-24-11-12-26(3,22)23)21-14(2)17-13-15-7-5-6-8-16(15)25-17/h5-8,13-14H,4,9-12H2,1-3H3,(H2,19,20,21). The number of fused-ring (bicyclic) bond motifs is 1. The summed E-state index contributed by atoms with van der Waals surface area (Å²) in [6.45, 7) is 5.72. The normalized spacial score (nSPS) is 13.7. The van der Waals surface area contributed by atoms with Crippen LogP contribution >= 0.6 is 0 Å². The first-order chi connectivity index (χ1) is 12.4. The van der Waals surface area contributed by atoms with Gasteiger partial charge in [0.2, 0.25) is 0 Å². The molecule has 0 saturated carbocycles. The summed E-state index contributed by atoms with van der Waals surface area (Å²) in [4.78, 5) is 4.45. The predicted octanol–water partition coefficient (Wildman–Crippen LogP) is 2.11. The Balaban J connectivity index is 1.87. The first-order valence-electron chi connectivity index (χ1n) is 8.68. The van der Waals surface area contributed by atoms with Crippen molar-refractivity contribution >= 4 is 26.8 Å². The SMILES string of the molecule is CCNC(=NCCOCCS(C)(=O)=O)NC(C)c1cc2ccccc2o1. The number of guanidine groups is 1. The lowest BCUT2D eigenvalue weighted by molar-refractivity contribution is 0.157. The Kier molecular flexibility index (Phi) is 7.47. The molecule has 0 amide bonds. The van der Waals surface area contributed by atoms with Crippen LogP contribution in [0.4, 0.5) is 0 Å². The Morgan fingerprint density at radius 3 is 2.77 bits per heavy atom. The molecule has 1 unspecified atom stereocenters. The monoisotopic (exact) mass is 381 g/mol. The highest BCUT2D eigenvalue weighted by atomic mass is 32.2. The molecule has 2 N–H and O–H groups in total. The number of aliphatic imine (C=N–C) groups is 1. The largest absolute Gasteiger partial charge is 0.459 e. The Morgan fingerprint density at radius 2 is 2.08 bits per heavy atom. The molecule has 0 radical (unpaired) electrons. The average Bonchev–Trinajstić information content (AvgIpc) is 3.01. The molecule has 1 aromatic heterocycles. The number of rotatable bonds is 9. The van der Waals surface area contributed by atoms with Crippen molar-refractivity contribution in [3.63, 3.8) is 0 Å². The molecule has 0 fully saturated rings. The molecule has 26 heavy (non-hydrogen) atoms. The smallest absolute Gasteiger partial charge is 0.191 e. The van der Waals surface area contributed by atoms with Crippen molar-refractivity contribution in [2.75, 3.05) is 38.3 Å². The summed E-state index contributed by atoms with van der Waals surface area (Å²) < 4.78 is 33.3. The second kappa shape index (κ2) is 9.59. The molecule has 8 heteroatoms. The van der Waals surface area contributed by atoms with E-state index in [2.05, 4.69) is 15.6 Å². The topological polar surface area (TPSA) is 92.9 Å². The molecule has 2 aromatic rings. The number of furan rings is 1. The minimum Gasteiger partial charge on any atom is -0.459 e. The molecule has 0 aliphatic rings. The van der Waals surface area contributed by atoms with Crippen molar-refractivity contribution in [3.05, 3.63) is 36.1 Å². The Labute approximate surface area is 154 Å². The van der Waals surface area contributed by atoms with Crippen LogP contribution in [0.2, 0.25) is 0 Å². The minimum absolute atomic E-state index is 0.0259. The van der Waals surface area contributed by atoms with E-state index in [0.717, 1.165) is 23.3 Å². The van der Waals surface area contributed by atoms with Crippen LogP contribution in [0.15, 0.2) is 39.7 Å². The van der Waals surface area contributed by atoms with Crippen LogP contribution in [0.1, 0.15) is 25.6 Å². The van der Waals surface area contributed by atoms with Crippen LogP contribution in [0.25, 0.3) is 11.0 Å². The number of ether oxygens (including phenoxy) is 1. The molecule has 0 bridgehead atoms. The number of para-hydroxylation sites is 1. The van der Waals surface area contributed by atoms with Gasteiger partial charge in [-0.05, 0) is 26.0 Å². The van der Waals surface area contributed by atoms with Crippen molar-refractivity contribution in [2.45, 2.75) is 19.9 Å². The lowest BCUT2D eigenvalue weighted by atomic mass is 10.2. The fraction of sp³-hybridized carbons (Fsp3) is 0.500. The van der Waals surface area contributed by atoms with Crippen LogP contribution < -0.4 is 10.6 Å². The molecule has 144 valence electrons. The second-order valence-corrected chi connectivity index (χ2v) is 8.32. The van der Waals surface area contributed by atoms with Crippen molar-refractivity contribution in [2.24, 2.45) is 4.99 Å². The lowest BCUT2D eigenvalue weighted by Crippen LogP contribution is -2.38. The van der Waals surface area contributed by atoms with Gasteiger partial charge in [0.15, 0.2) is 5.96 Å². The van der Waals surface area contributed by atoms with E-state index in [0.29, 0.717) is 19.1 Å². The van der Waals surface area contributed by atoms with Crippen molar-refractivity contribution in [1.82, 2.24) is 10.6 Å². The highest BCUT2D eigenvalue weighted by Crippen LogP contribution is 2.23. The van der Waals surface area contributed by atoms with Gasteiger partial charge in [0, 0.05) is 18.2 Å². The van der Waals surface area contributed by atoms with Gasteiger partial charge in [-0.25, -0.2) is 8.42 Å². The van der Waals surface area contributed by atoms with Crippen LogP contribution in [0.3, 0.4) is 0 Å². The second-order valence-electron chi connectivity index (χ2n) is 6.06. The Hall–Kier alpha value is -2.06. The fourth-order valence-corrected chi connectivity index (χ4v) is 2.77. The van der Waals surface area contributed by atoms with E-state index >= 15 is 0 Å². The van der Waals surface area contributed by atoms with Crippen molar-refractivity contribution in [3.8, 4) is 0 Å². The molecule has 0 aliphatic carbocycles. The lowest BCUT2D eigenvalue weighted by Gasteiger charge is -2.16. The molecule has 1 heterocycles. The molecular formula is C18H27N3O4S. The summed E-state index contributed by atoms with van der Waals surface area (Å²) >= 11 is 0. The third-order valence-corrected chi connectivity index (χ3v) is 4.58. The molecule has 0 aliphatic heterocycles. The number of hydrogen-bond donors (Lipinski definition) is 2. The summed E-state index contributed by atoms with van der Waals surface area (Å²) in [6.07, 6.45) is 1.20. The summed E-state index contributed by atoms with van der Waals surface area (Å²) in [5, 5.41) is 7.55. The summed E-state index contributed by atoms with van der Waals surface area (Å²) in [6, 6.07) is 9.86. The quantitative estimate of drug-likeness (QED) is 0.393. The maximum Gasteiger partial charge on any atom is 0.191 e. The van der Waals surface area contributed by atoms with Gasteiger partial charge in [0.05, 0.1) is 31.6 Å². The molecule has 0 saturated heterocycles. The minimum atomic E-state index is -2.99. The molecule has 0 spiro atoms. The first kappa shape index (κ1) is 20.3. The molecule has 1 atom stereocenters. The van der Waals surface area contributed by atoms with Gasteiger partial charge < -0.3 is 19.8 Å². The zero-order valence-corrected chi connectivity index (χ0v) is 16.3. The van der Waals surface area contributed by atoms with Crippen LogP contribution in [0, 0.1) is 0 Å². The van der Waals surface area contributed by atoms with E-state index in [1.807, 2.05) is 44.2 Å². The zero-order valence-electron chi connectivity index (χ0n) is 15.5. The third-order valence-electron chi connectivity index (χ3n) is 3.67. The summed E-state index contributed by atoms with van der Waals surface area (Å²) in [7, 11) is -2.99. The van der Waals surface area contributed by atoms with E-state index in [9.17, 15) is 8.42 Å². The Morgan fingerprint density at radius 1 is 1.31 bits per heavy atom. The number of hydrogen-bond acceptors (Lipinski definition) is 5. The van der Waals surface area contributed by atoms with E-state index < -0.39 is 9.84 Å². The highest BCUT2D eigenvalue weighted by Gasteiger charge is 2.12. The summed E-state index contributed by atoms with van der Waals surface area (Å²) in [5.74, 6) is 1.52. The van der Waals surface area contributed by atoms with Gasteiger partial charge in [0.25, 0.3) is 0 Å². The van der Waals surface area contributed by atoms with Crippen LogP contribution in [-0.2, 0) is 14.6 Å². The fourth-order valence-electron chi connectivity index (χ4n) is 2.35. The summed E-state index contributed by atoms with van der Waals surface area (Å²) in [5.41, 5.74) is 0.859. The number of benzene rings is 1. The molecule has 7 nitrogen and oxygen atoms in total. The maximum atomic E-state index is 11.0. The predicted molar refractivity (Wildman–Crippen MR) is 104 cm³/mol. The third kappa shape index (κ3) is 6.68. The van der Waals surface area contributed by atoms with Gasteiger partial charge in [-0.15, -0.1) is 0 Å². The van der Waals surface area contributed by atoms with Crippen LogP contribution in [-0.4, -0.2) is 52.7 Å². The van der Waals surface area contributed by atoms with E-state index in [4.69, 9.17) is 9.15 Å². The van der Waals surface area contributed by atoms with Crippen LogP contribution in [0.5, 0.6) is 0 Å². The molecular weight excluding hydrogens is 354 g/mol. The maximum absolute atomic E-state index is 11.0. The molecule has 2 rings (SSSR count). The van der Waals surface area contributed by atoms with Crippen molar-refractivity contribution in [1.29, 1.82) is 0 Å². The number of nitrogens with one attached hydrogen (secondary N) is 2. The Bertz CT molecular complexity index is 797. The van der Waals surface area contributed by atoms with E-state index in [1.54, 1.807) is 0 Å². The number of nitrogens with zero attached hydrogens (tertiary/aromatic N) is 1. The van der Waals surface area contributed by atoms with Gasteiger partial charge >= 0.3 is 0 Å². The van der Waals surface area contributed by atoms with E-state index in [-0.39, 0.29) is 18.4 Å². The van der Waals surface area contributed by atoms with E-state index in [1.165, 1.54) is 6.26 Å². The van der Waals surface area contributed by atoms with Gasteiger partial charge in [-0.1, -0.05) is 18.2 Å². The molecule has 1 aromatic carbocycles. The van der Waals surface area contributed by atoms with Gasteiger partial charge in [-0.3, -0.25) is 4.99 Å². The van der Waals surface area contributed by atoms with Gasteiger partial charge in [0.1, 0.15) is 21.2 Å². The first-order valence-corrected chi connectivity index (χ1v) is 10.7.